The van der Waals surface area contributed by atoms with E-state index in [0.717, 1.165) is 0 Å². The van der Waals surface area contributed by atoms with Crippen molar-refractivity contribution in [3.63, 3.8) is 0 Å². The zero-order chi connectivity index (χ0) is 12.4. The number of aromatic nitrogens is 4. The highest BCUT2D eigenvalue weighted by Crippen LogP contribution is 2.04. The molecule has 0 radical (unpaired) electrons. The van der Waals surface area contributed by atoms with Gasteiger partial charge in [-0.3, -0.25) is 4.79 Å². The lowest BCUT2D eigenvalue weighted by Gasteiger charge is -2.00. The van der Waals surface area contributed by atoms with Crippen LogP contribution in [0.3, 0.4) is 0 Å². The topological polar surface area (TPSA) is 113 Å². The van der Waals surface area contributed by atoms with Gasteiger partial charge in [0.25, 0.3) is 5.91 Å². The number of primary amides is 1. The summed E-state index contributed by atoms with van der Waals surface area (Å²) in [5.41, 5.74) is 11.2. The third kappa shape index (κ3) is 2.26. The minimum absolute atomic E-state index is 0.169. The Morgan fingerprint density at radius 2 is 2.00 bits per heavy atom. The summed E-state index contributed by atoms with van der Waals surface area (Å²) < 4.78 is 1.39. The van der Waals surface area contributed by atoms with Crippen LogP contribution >= 0.6 is 12.2 Å². The molecule has 7 nitrogen and oxygen atoms in total. The molecule has 4 N–H and O–H groups in total. The van der Waals surface area contributed by atoms with Gasteiger partial charge in [-0.2, -0.15) is 5.10 Å². The van der Waals surface area contributed by atoms with Gasteiger partial charge in [0.15, 0.2) is 5.82 Å². The molecule has 0 aromatic carbocycles. The van der Waals surface area contributed by atoms with E-state index in [2.05, 4.69) is 15.1 Å². The Morgan fingerprint density at radius 1 is 1.24 bits per heavy atom. The van der Waals surface area contributed by atoms with Gasteiger partial charge < -0.3 is 11.5 Å². The normalized spacial score (nSPS) is 10.1. The number of hydrogen-bond donors (Lipinski definition) is 2. The molecule has 17 heavy (non-hydrogen) atoms. The van der Waals surface area contributed by atoms with E-state index in [1.807, 2.05) is 0 Å². The third-order valence-electron chi connectivity index (χ3n) is 1.99. The summed E-state index contributed by atoms with van der Waals surface area (Å²) in [5.74, 6) is -0.110. The first kappa shape index (κ1) is 11.1. The van der Waals surface area contributed by atoms with Crippen LogP contribution in [-0.2, 0) is 0 Å². The molecule has 0 unspecified atom stereocenters. The van der Waals surface area contributed by atoms with Gasteiger partial charge in [0.1, 0.15) is 10.7 Å². The van der Waals surface area contributed by atoms with Crippen LogP contribution < -0.4 is 11.5 Å². The lowest BCUT2D eigenvalue weighted by atomic mass is 10.3. The summed E-state index contributed by atoms with van der Waals surface area (Å²) in [4.78, 5) is 19.1. The van der Waals surface area contributed by atoms with Gasteiger partial charge in [0, 0.05) is 6.20 Å². The van der Waals surface area contributed by atoms with Gasteiger partial charge in [-0.1, -0.05) is 12.2 Å². The lowest BCUT2D eigenvalue weighted by Crippen LogP contribution is -2.13. The first-order chi connectivity index (χ1) is 8.08. The van der Waals surface area contributed by atoms with Gasteiger partial charge in [-0.15, -0.1) is 0 Å². The molecule has 1 amide bonds. The molecule has 2 heterocycles. The highest BCUT2D eigenvalue weighted by atomic mass is 32.1. The predicted molar refractivity (Wildman–Crippen MR) is 63.6 cm³/mol. The minimum Gasteiger partial charge on any atom is -0.388 e. The quantitative estimate of drug-likeness (QED) is 0.701. The highest BCUT2D eigenvalue weighted by Gasteiger charge is 2.07. The predicted octanol–water partition coefficient (Wildman–Crippen LogP) is -0.605. The first-order valence-electron chi connectivity index (χ1n) is 4.54. The molecule has 2 aromatic rings. The second-order valence-corrected chi connectivity index (χ2v) is 3.60. The zero-order valence-corrected chi connectivity index (χ0v) is 9.39. The van der Waals surface area contributed by atoms with Crippen LogP contribution in [0.1, 0.15) is 16.1 Å². The van der Waals surface area contributed by atoms with Crippen LogP contribution in [-0.4, -0.2) is 30.6 Å². The van der Waals surface area contributed by atoms with Crippen molar-refractivity contribution in [3.8, 4) is 5.82 Å². The van der Waals surface area contributed by atoms with Crippen molar-refractivity contribution in [1.29, 1.82) is 0 Å². The maximum atomic E-state index is 10.9. The smallest absolute Gasteiger partial charge is 0.251 e. The van der Waals surface area contributed by atoms with Crippen molar-refractivity contribution >= 4 is 23.1 Å². The number of hydrogen-bond acceptors (Lipinski definition) is 5. The number of thiocarbonyl (C=S) groups is 1. The molecule has 0 spiro atoms. The Bertz CT molecular complexity index is 575. The molecule has 2 aromatic heterocycles. The number of carbonyl (C=O) groups is 1. The second-order valence-electron chi connectivity index (χ2n) is 3.16. The fourth-order valence-corrected chi connectivity index (χ4v) is 1.25. The van der Waals surface area contributed by atoms with Crippen molar-refractivity contribution in [2.24, 2.45) is 11.5 Å². The molecule has 0 aliphatic carbocycles. The van der Waals surface area contributed by atoms with Gasteiger partial charge in [0.2, 0.25) is 0 Å². The van der Waals surface area contributed by atoms with Gasteiger partial charge in [-0.05, 0) is 0 Å². The summed E-state index contributed by atoms with van der Waals surface area (Å²) in [6.07, 6.45) is 5.70. The average molecular weight is 248 g/mol. The van der Waals surface area contributed by atoms with Gasteiger partial charge in [-0.25, -0.2) is 14.6 Å². The van der Waals surface area contributed by atoms with Crippen molar-refractivity contribution in [2.75, 3.05) is 0 Å². The van der Waals surface area contributed by atoms with Crippen molar-refractivity contribution < 1.29 is 4.79 Å². The molecule has 0 saturated heterocycles. The molecule has 86 valence electrons. The van der Waals surface area contributed by atoms with Crippen LogP contribution in [0.4, 0.5) is 0 Å². The number of nitrogens with zero attached hydrogens (tertiary/aromatic N) is 4. The molecule has 0 aliphatic heterocycles. The number of nitrogens with two attached hydrogens (primary N) is 2. The molecular formula is C9H8N6OS. The maximum Gasteiger partial charge on any atom is 0.251 e. The van der Waals surface area contributed by atoms with E-state index in [1.165, 1.54) is 29.5 Å². The van der Waals surface area contributed by atoms with Gasteiger partial charge >= 0.3 is 0 Å². The van der Waals surface area contributed by atoms with Crippen LogP contribution in [0, 0.1) is 0 Å². The zero-order valence-electron chi connectivity index (χ0n) is 8.57. The fraction of sp³-hybridized carbons (Fsp3) is 0. The Hall–Kier alpha value is -2.35. The van der Waals surface area contributed by atoms with E-state index in [0.29, 0.717) is 17.1 Å². The third-order valence-corrected chi connectivity index (χ3v) is 2.20. The summed E-state index contributed by atoms with van der Waals surface area (Å²) >= 11 is 4.75. The Balaban J connectivity index is 2.33. The number of rotatable bonds is 3. The standard InChI is InChI=1S/C9H8N6OS/c10-8(16)5-1-14-15(4-5)7-3-12-6(2-13-7)9(11)17/h1-4H,(H2,10,16)(H2,11,17). The van der Waals surface area contributed by atoms with E-state index in [-0.39, 0.29) is 4.99 Å². The van der Waals surface area contributed by atoms with E-state index < -0.39 is 5.91 Å². The van der Waals surface area contributed by atoms with Gasteiger partial charge in [0.05, 0.1) is 24.2 Å². The van der Waals surface area contributed by atoms with Crippen LogP contribution in [0.2, 0.25) is 0 Å². The van der Waals surface area contributed by atoms with E-state index in [4.69, 9.17) is 23.7 Å². The summed E-state index contributed by atoms with van der Waals surface area (Å²) in [6, 6.07) is 0. The summed E-state index contributed by atoms with van der Waals surface area (Å²) in [7, 11) is 0. The SMILES string of the molecule is NC(=O)c1cnn(-c2cnc(C(N)=S)cn2)c1. The summed E-state index contributed by atoms with van der Waals surface area (Å²) in [6.45, 7) is 0. The summed E-state index contributed by atoms with van der Waals surface area (Å²) in [5, 5.41) is 3.93. The lowest BCUT2D eigenvalue weighted by molar-refractivity contribution is 0.100. The van der Waals surface area contributed by atoms with E-state index >= 15 is 0 Å². The molecule has 2 rings (SSSR count). The van der Waals surface area contributed by atoms with Crippen LogP contribution in [0.25, 0.3) is 5.82 Å². The largest absolute Gasteiger partial charge is 0.388 e. The van der Waals surface area contributed by atoms with E-state index in [1.54, 1.807) is 0 Å². The number of carbonyl (C=O) groups excluding carboxylic acids is 1. The first-order valence-corrected chi connectivity index (χ1v) is 4.95. The fourth-order valence-electron chi connectivity index (χ4n) is 1.14. The molecule has 0 bridgehead atoms. The average Bonchev–Trinajstić information content (AvgIpc) is 2.78. The molecule has 0 saturated carbocycles. The van der Waals surface area contributed by atoms with Crippen molar-refractivity contribution in [1.82, 2.24) is 19.7 Å². The molecular weight excluding hydrogens is 240 g/mol. The molecule has 0 fully saturated rings. The van der Waals surface area contributed by atoms with Crippen molar-refractivity contribution in [2.45, 2.75) is 0 Å². The van der Waals surface area contributed by atoms with Crippen molar-refractivity contribution in [3.05, 3.63) is 36.0 Å². The molecule has 0 aliphatic rings. The molecule has 8 heteroatoms. The number of amides is 1. The Kier molecular flexibility index (Phi) is 2.79. The van der Waals surface area contributed by atoms with Crippen LogP contribution in [0.5, 0.6) is 0 Å². The highest BCUT2D eigenvalue weighted by molar-refractivity contribution is 7.80. The maximum absolute atomic E-state index is 10.9. The minimum atomic E-state index is -0.552. The monoisotopic (exact) mass is 248 g/mol. The van der Waals surface area contributed by atoms with E-state index in [9.17, 15) is 4.79 Å². The Labute approximate surface area is 101 Å². The second kappa shape index (κ2) is 4.26. The molecule has 0 atom stereocenters. The Morgan fingerprint density at radius 3 is 2.47 bits per heavy atom. The van der Waals surface area contributed by atoms with Crippen LogP contribution in [0.15, 0.2) is 24.8 Å².